The SMILES string of the molecule is O=C(O)C1CN(C(=O)Cc2ccc(F)cc2)C1. The molecule has 90 valence electrons. The van der Waals surface area contributed by atoms with Gasteiger partial charge in [-0.1, -0.05) is 12.1 Å². The van der Waals surface area contributed by atoms with Gasteiger partial charge in [-0.25, -0.2) is 4.39 Å². The lowest BCUT2D eigenvalue weighted by atomic mass is 9.99. The van der Waals surface area contributed by atoms with Gasteiger partial charge in [0.05, 0.1) is 12.3 Å². The standard InChI is InChI=1S/C12H12FNO3/c13-10-3-1-8(2-4-10)5-11(15)14-6-9(7-14)12(16)17/h1-4,9H,5-7H2,(H,16,17). The van der Waals surface area contributed by atoms with E-state index >= 15 is 0 Å². The minimum Gasteiger partial charge on any atom is -0.481 e. The van der Waals surface area contributed by atoms with E-state index in [0.29, 0.717) is 0 Å². The lowest BCUT2D eigenvalue weighted by Crippen LogP contribution is -2.53. The van der Waals surface area contributed by atoms with Gasteiger partial charge in [0.1, 0.15) is 5.82 Å². The number of carbonyl (C=O) groups excluding carboxylic acids is 1. The summed E-state index contributed by atoms with van der Waals surface area (Å²) in [6, 6.07) is 5.72. The number of hydrogen-bond donors (Lipinski definition) is 1. The van der Waals surface area contributed by atoms with Crippen LogP contribution in [-0.4, -0.2) is 35.0 Å². The molecule has 1 saturated heterocycles. The van der Waals surface area contributed by atoms with Gasteiger partial charge in [0.25, 0.3) is 0 Å². The number of carbonyl (C=O) groups is 2. The van der Waals surface area contributed by atoms with E-state index < -0.39 is 11.9 Å². The molecule has 1 fully saturated rings. The maximum atomic E-state index is 12.6. The largest absolute Gasteiger partial charge is 0.481 e. The minimum atomic E-state index is -0.865. The van der Waals surface area contributed by atoms with Crippen molar-refractivity contribution in [1.82, 2.24) is 4.90 Å². The van der Waals surface area contributed by atoms with E-state index in [1.54, 1.807) is 12.1 Å². The molecule has 4 nitrogen and oxygen atoms in total. The first-order valence-corrected chi connectivity index (χ1v) is 5.31. The van der Waals surface area contributed by atoms with Crippen LogP contribution < -0.4 is 0 Å². The number of carboxylic acids is 1. The average molecular weight is 237 g/mol. The molecule has 5 heteroatoms. The molecule has 0 spiro atoms. The van der Waals surface area contributed by atoms with Crippen LogP contribution in [0, 0.1) is 11.7 Å². The molecule has 17 heavy (non-hydrogen) atoms. The quantitative estimate of drug-likeness (QED) is 0.850. The molecule has 1 aliphatic heterocycles. The van der Waals surface area contributed by atoms with Gasteiger partial charge < -0.3 is 10.0 Å². The molecule has 0 unspecified atom stereocenters. The fraction of sp³-hybridized carbons (Fsp3) is 0.333. The highest BCUT2D eigenvalue weighted by Crippen LogP contribution is 2.17. The van der Waals surface area contributed by atoms with Gasteiger partial charge in [-0.15, -0.1) is 0 Å². The van der Waals surface area contributed by atoms with E-state index in [1.807, 2.05) is 0 Å². The predicted octanol–water partition coefficient (Wildman–Crippen LogP) is 0.911. The minimum absolute atomic E-state index is 0.117. The zero-order chi connectivity index (χ0) is 12.4. The summed E-state index contributed by atoms with van der Waals surface area (Å²) in [7, 11) is 0. The predicted molar refractivity (Wildman–Crippen MR) is 57.8 cm³/mol. The summed E-state index contributed by atoms with van der Waals surface area (Å²) in [6.45, 7) is 0.546. The lowest BCUT2D eigenvalue weighted by molar-refractivity contribution is -0.152. The number of hydrogen-bond acceptors (Lipinski definition) is 2. The Kier molecular flexibility index (Phi) is 3.08. The highest BCUT2D eigenvalue weighted by Gasteiger charge is 2.35. The normalized spacial score (nSPS) is 15.5. The van der Waals surface area contributed by atoms with Gasteiger partial charge in [-0.2, -0.15) is 0 Å². The van der Waals surface area contributed by atoms with Gasteiger partial charge in [0.15, 0.2) is 0 Å². The number of likely N-dealkylation sites (tertiary alicyclic amines) is 1. The van der Waals surface area contributed by atoms with E-state index in [1.165, 1.54) is 17.0 Å². The fourth-order valence-corrected chi connectivity index (χ4v) is 1.73. The Labute approximate surface area is 97.7 Å². The van der Waals surface area contributed by atoms with Crippen molar-refractivity contribution in [2.45, 2.75) is 6.42 Å². The fourth-order valence-electron chi connectivity index (χ4n) is 1.73. The Bertz CT molecular complexity index is 438. The maximum absolute atomic E-state index is 12.6. The number of carboxylic acid groups (broad SMARTS) is 1. The van der Waals surface area contributed by atoms with Crippen LogP contribution in [-0.2, 0) is 16.0 Å². The topological polar surface area (TPSA) is 57.6 Å². The van der Waals surface area contributed by atoms with Crippen LogP contribution in [0.3, 0.4) is 0 Å². The molecule has 1 aromatic carbocycles. The van der Waals surface area contributed by atoms with Gasteiger partial charge in [0, 0.05) is 13.1 Å². The second-order valence-electron chi connectivity index (χ2n) is 4.14. The molecule has 0 atom stereocenters. The number of amides is 1. The van der Waals surface area contributed by atoms with Gasteiger partial charge >= 0.3 is 5.97 Å². The summed E-state index contributed by atoms with van der Waals surface area (Å²) in [6.07, 6.45) is 0.187. The van der Waals surface area contributed by atoms with E-state index in [-0.39, 0.29) is 31.2 Å². The molecule has 1 aromatic rings. The van der Waals surface area contributed by atoms with Crippen LogP contribution >= 0.6 is 0 Å². The van der Waals surface area contributed by atoms with Crippen molar-refractivity contribution in [3.8, 4) is 0 Å². The molecule has 1 aliphatic rings. The van der Waals surface area contributed by atoms with Crippen molar-refractivity contribution in [2.75, 3.05) is 13.1 Å². The van der Waals surface area contributed by atoms with Crippen LogP contribution in [0.4, 0.5) is 4.39 Å². The molecule has 2 rings (SSSR count). The van der Waals surface area contributed by atoms with Crippen molar-refractivity contribution in [3.63, 3.8) is 0 Å². The highest BCUT2D eigenvalue weighted by molar-refractivity contribution is 5.82. The van der Waals surface area contributed by atoms with Gasteiger partial charge in [-0.3, -0.25) is 9.59 Å². The van der Waals surface area contributed by atoms with Crippen LogP contribution in [0.1, 0.15) is 5.56 Å². The third-order valence-electron chi connectivity index (χ3n) is 2.85. The van der Waals surface area contributed by atoms with E-state index in [4.69, 9.17) is 5.11 Å². The van der Waals surface area contributed by atoms with Crippen molar-refractivity contribution < 1.29 is 19.1 Å². The smallest absolute Gasteiger partial charge is 0.310 e. The Morgan fingerprint density at radius 3 is 2.41 bits per heavy atom. The number of benzene rings is 1. The number of nitrogens with zero attached hydrogens (tertiary/aromatic N) is 1. The molecular weight excluding hydrogens is 225 g/mol. The Morgan fingerprint density at radius 1 is 1.29 bits per heavy atom. The molecular formula is C12H12FNO3. The Balaban J connectivity index is 1.87. The zero-order valence-electron chi connectivity index (χ0n) is 9.10. The third kappa shape index (κ3) is 2.61. The third-order valence-corrected chi connectivity index (χ3v) is 2.85. The second-order valence-corrected chi connectivity index (χ2v) is 4.14. The Morgan fingerprint density at radius 2 is 1.88 bits per heavy atom. The van der Waals surface area contributed by atoms with E-state index in [2.05, 4.69) is 0 Å². The van der Waals surface area contributed by atoms with Crippen molar-refractivity contribution >= 4 is 11.9 Å². The molecule has 0 aliphatic carbocycles. The van der Waals surface area contributed by atoms with E-state index in [0.717, 1.165) is 5.56 Å². The van der Waals surface area contributed by atoms with Crippen molar-refractivity contribution in [1.29, 1.82) is 0 Å². The first kappa shape index (κ1) is 11.6. The zero-order valence-corrected chi connectivity index (χ0v) is 9.10. The first-order chi connectivity index (χ1) is 8.06. The summed E-state index contributed by atoms with van der Waals surface area (Å²) < 4.78 is 12.6. The van der Waals surface area contributed by atoms with Crippen molar-refractivity contribution in [3.05, 3.63) is 35.6 Å². The van der Waals surface area contributed by atoms with Crippen LogP contribution in [0.25, 0.3) is 0 Å². The average Bonchev–Trinajstić information content (AvgIpc) is 2.18. The summed E-state index contributed by atoms with van der Waals surface area (Å²) in [5.74, 6) is -1.76. The molecule has 1 N–H and O–H groups in total. The van der Waals surface area contributed by atoms with E-state index in [9.17, 15) is 14.0 Å². The second kappa shape index (κ2) is 4.53. The number of rotatable bonds is 3. The molecule has 1 heterocycles. The monoisotopic (exact) mass is 237 g/mol. The Hall–Kier alpha value is -1.91. The molecule has 0 radical (unpaired) electrons. The van der Waals surface area contributed by atoms with Crippen LogP contribution in [0.2, 0.25) is 0 Å². The summed E-state index contributed by atoms with van der Waals surface area (Å²) in [5, 5.41) is 8.67. The lowest BCUT2D eigenvalue weighted by Gasteiger charge is -2.36. The number of halogens is 1. The molecule has 0 aromatic heterocycles. The molecule has 0 saturated carbocycles. The van der Waals surface area contributed by atoms with Gasteiger partial charge in [-0.05, 0) is 17.7 Å². The van der Waals surface area contributed by atoms with Gasteiger partial charge in [0.2, 0.25) is 5.91 Å². The molecule has 0 bridgehead atoms. The molecule has 1 amide bonds. The van der Waals surface area contributed by atoms with Crippen molar-refractivity contribution in [2.24, 2.45) is 5.92 Å². The first-order valence-electron chi connectivity index (χ1n) is 5.31. The maximum Gasteiger partial charge on any atom is 0.310 e. The van der Waals surface area contributed by atoms with Crippen LogP contribution in [0.5, 0.6) is 0 Å². The van der Waals surface area contributed by atoms with Crippen LogP contribution in [0.15, 0.2) is 24.3 Å². The summed E-state index contributed by atoms with van der Waals surface area (Å²) in [4.78, 5) is 23.8. The summed E-state index contributed by atoms with van der Waals surface area (Å²) >= 11 is 0. The highest BCUT2D eigenvalue weighted by atomic mass is 19.1. The summed E-state index contributed by atoms with van der Waals surface area (Å²) in [5.41, 5.74) is 0.732. The number of aliphatic carboxylic acids is 1.